The van der Waals surface area contributed by atoms with Crippen LogP contribution in [0.15, 0.2) is 46.9 Å². The van der Waals surface area contributed by atoms with Crippen molar-refractivity contribution in [1.29, 1.82) is 0 Å². The van der Waals surface area contributed by atoms with E-state index in [1.807, 2.05) is 42.5 Å². The van der Waals surface area contributed by atoms with Crippen molar-refractivity contribution in [2.24, 2.45) is 0 Å². The molecular formula is C14H11Br2ClO. The maximum absolute atomic E-state index is 5.94. The van der Waals surface area contributed by atoms with Gasteiger partial charge in [-0.15, -0.1) is 0 Å². The van der Waals surface area contributed by atoms with Crippen LogP contribution < -0.4 is 4.74 Å². The van der Waals surface area contributed by atoms with E-state index in [0.717, 1.165) is 31.7 Å². The van der Waals surface area contributed by atoms with Crippen molar-refractivity contribution in [3.63, 3.8) is 0 Å². The van der Waals surface area contributed by atoms with Crippen molar-refractivity contribution in [2.45, 2.75) is 11.9 Å². The first-order valence-corrected chi connectivity index (χ1v) is 7.70. The lowest BCUT2D eigenvalue weighted by atomic mass is 10.2. The molecule has 0 amide bonds. The van der Waals surface area contributed by atoms with Crippen LogP contribution in [-0.4, -0.2) is 0 Å². The largest absolute Gasteiger partial charge is 0.487 e. The molecule has 0 N–H and O–H groups in total. The second-order valence-electron chi connectivity index (χ2n) is 3.78. The summed E-state index contributed by atoms with van der Waals surface area (Å²) in [5, 5.41) is 1.49. The van der Waals surface area contributed by atoms with Gasteiger partial charge in [0.05, 0.1) is 4.47 Å². The van der Waals surface area contributed by atoms with Crippen LogP contribution in [0.25, 0.3) is 0 Å². The Kier molecular flexibility index (Phi) is 5.10. The zero-order valence-electron chi connectivity index (χ0n) is 9.50. The van der Waals surface area contributed by atoms with E-state index >= 15 is 0 Å². The fourth-order valence-electron chi connectivity index (χ4n) is 1.60. The average Bonchev–Trinajstić information content (AvgIpc) is 2.37. The first-order valence-electron chi connectivity index (χ1n) is 5.41. The minimum atomic E-state index is 0.503. The number of halogens is 3. The van der Waals surface area contributed by atoms with Crippen molar-refractivity contribution in [2.75, 3.05) is 0 Å². The molecule has 2 aromatic rings. The Bertz CT molecular complexity index is 543. The predicted octanol–water partition coefficient (Wildman–Crippen LogP) is 5.58. The molecule has 94 valence electrons. The van der Waals surface area contributed by atoms with Gasteiger partial charge in [0.2, 0.25) is 0 Å². The molecule has 1 nitrogen and oxygen atoms in total. The normalized spacial score (nSPS) is 10.4. The second-order valence-corrected chi connectivity index (χ2v) is 5.63. The van der Waals surface area contributed by atoms with E-state index in [2.05, 4.69) is 31.9 Å². The molecule has 0 aliphatic carbocycles. The van der Waals surface area contributed by atoms with Gasteiger partial charge >= 0.3 is 0 Å². The molecular weight excluding hydrogens is 379 g/mol. The molecule has 0 radical (unpaired) electrons. The Morgan fingerprint density at radius 3 is 2.61 bits per heavy atom. The minimum Gasteiger partial charge on any atom is -0.487 e. The van der Waals surface area contributed by atoms with Crippen molar-refractivity contribution in [1.82, 2.24) is 0 Å². The highest BCUT2D eigenvalue weighted by molar-refractivity contribution is 9.10. The zero-order chi connectivity index (χ0) is 13.0. The summed E-state index contributed by atoms with van der Waals surface area (Å²) in [7, 11) is 0. The van der Waals surface area contributed by atoms with Crippen LogP contribution in [0, 0.1) is 0 Å². The standard InChI is InChI=1S/C14H11Br2ClO/c15-8-11-4-2-6-13(16)14(11)18-9-10-3-1-5-12(17)7-10/h1-7H,8-9H2. The van der Waals surface area contributed by atoms with Crippen molar-refractivity contribution < 1.29 is 4.74 Å². The van der Waals surface area contributed by atoms with Gasteiger partial charge in [0, 0.05) is 15.9 Å². The van der Waals surface area contributed by atoms with Gasteiger partial charge in [-0.2, -0.15) is 0 Å². The van der Waals surface area contributed by atoms with Gasteiger partial charge < -0.3 is 4.74 Å². The number of rotatable bonds is 4. The molecule has 0 unspecified atom stereocenters. The first kappa shape index (κ1) is 13.9. The molecule has 0 bridgehead atoms. The van der Waals surface area contributed by atoms with E-state index in [1.54, 1.807) is 0 Å². The Morgan fingerprint density at radius 2 is 1.89 bits per heavy atom. The minimum absolute atomic E-state index is 0.503. The van der Waals surface area contributed by atoms with Crippen molar-refractivity contribution in [3.05, 3.63) is 63.1 Å². The SMILES string of the molecule is Clc1cccc(COc2c(Br)cccc2CBr)c1. The number of benzene rings is 2. The summed E-state index contributed by atoms with van der Waals surface area (Å²) < 4.78 is 6.82. The fraction of sp³-hybridized carbons (Fsp3) is 0.143. The summed E-state index contributed by atoms with van der Waals surface area (Å²) in [5.74, 6) is 0.870. The van der Waals surface area contributed by atoms with Gasteiger partial charge in [0.25, 0.3) is 0 Å². The Balaban J connectivity index is 2.15. The third-order valence-electron chi connectivity index (χ3n) is 2.46. The van der Waals surface area contributed by atoms with Gasteiger partial charge in [-0.25, -0.2) is 0 Å². The van der Waals surface area contributed by atoms with Crippen LogP contribution >= 0.6 is 43.5 Å². The molecule has 2 aromatic carbocycles. The lowest BCUT2D eigenvalue weighted by Gasteiger charge is -2.12. The van der Waals surface area contributed by atoms with Crippen molar-refractivity contribution >= 4 is 43.5 Å². The predicted molar refractivity (Wildman–Crippen MR) is 82.6 cm³/mol. The maximum atomic E-state index is 5.94. The van der Waals surface area contributed by atoms with Crippen LogP contribution in [0.5, 0.6) is 5.75 Å². The molecule has 4 heteroatoms. The molecule has 0 heterocycles. The molecule has 0 aliphatic rings. The lowest BCUT2D eigenvalue weighted by molar-refractivity contribution is 0.302. The first-order chi connectivity index (χ1) is 8.70. The van der Waals surface area contributed by atoms with Gasteiger partial charge in [-0.3, -0.25) is 0 Å². The summed E-state index contributed by atoms with van der Waals surface area (Å²) in [6.45, 7) is 0.503. The van der Waals surface area contributed by atoms with Crippen LogP contribution in [0.2, 0.25) is 5.02 Å². The van der Waals surface area contributed by atoms with Gasteiger partial charge in [-0.05, 0) is 39.7 Å². The Hall–Kier alpha value is -0.510. The molecule has 0 fully saturated rings. The van der Waals surface area contributed by atoms with E-state index in [-0.39, 0.29) is 0 Å². The van der Waals surface area contributed by atoms with Crippen LogP contribution in [0.3, 0.4) is 0 Å². The fourth-order valence-corrected chi connectivity index (χ4v) is 2.78. The summed E-state index contributed by atoms with van der Waals surface area (Å²) in [6, 6.07) is 13.7. The van der Waals surface area contributed by atoms with Crippen LogP contribution in [0.1, 0.15) is 11.1 Å². The number of para-hydroxylation sites is 1. The third-order valence-corrected chi connectivity index (χ3v) is 3.93. The quantitative estimate of drug-likeness (QED) is 0.620. The molecule has 0 spiro atoms. The molecule has 0 saturated carbocycles. The summed E-state index contributed by atoms with van der Waals surface area (Å²) in [6.07, 6.45) is 0. The Morgan fingerprint density at radius 1 is 1.11 bits per heavy atom. The average molecular weight is 391 g/mol. The lowest BCUT2D eigenvalue weighted by Crippen LogP contribution is -1.98. The topological polar surface area (TPSA) is 9.23 Å². The molecule has 0 atom stereocenters. The third kappa shape index (κ3) is 3.50. The molecule has 0 aliphatic heterocycles. The van der Waals surface area contributed by atoms with Gasteiger partial charge in [-0.1, -0.05) is 51.8 Å². The summed E-state index contributed by atoms with van der Waals surface area (Å²) in [4.78, 5) is 0. The summed E-state index contributed by atoms with van der Waals surface area (Å²) in [5.41, 5.74) is 2.17. The highest BCUT2D eigenvalue weighted by Gasteiger charge is 2.07. The smallest absolute Gasteiger partial charge is 0.138 e. The monoisotopic (exact) mass is 388 g/mol. The highest BCUT2D eigenvalue weighted by atomic mass is 79.9. The Labute approximate surface area is 128 Å². The van der Waals surface area contributed by atoms with Gasteiger partial charge in [0.1, 0.15) is 12.4 Å². The van der Waals surface area contributed by atoms with E-state index in [1.165, 1.54) is 0 Å². The van der Waals surface area contributed by atoms with E-state index in [4.69, 9.17) is 16.3 Å². The zero-order valence-corrected chi connectivity index (χ0v) is 13.4. The number of hydrogen-bond acceptors (Lipinski definition) is 1. The van der Waals surface area contributed by atoms with E-state index in [9.17, 15) is 0 Å². The molecule has 18 heavy (non-hydrogen) atoms. The van der Waals surface area contributed by atoms with E-state index < -0.39 is 0 Å². The number of hydrogen-bond donors (Lipinski definition) is 0. The second kappa shape index (κ2) is 6.60. The van der Waals surface area contributed by atoms with Crippen molar-refractivity contribution in [3.8, 4) is 5.75 Å². The van der Waals surface area contributed by atoms with E-state index in [0.29, 0.717) is 6.61 Å². The summed E-state index contributed by atoms with van der Waals surface area (Å²) >= 11 is 12.9. The van der Waals surface area contributed by atoms with Crippen LogP contribution in [0.4, 0.5) is 0 Å². The molecule has 2 rings (SSSR count). The highest BCUT2D eigenvalue weighted by Crippen LogP contribution is 2.31. The number of ether oxygens (including phenoxy) is 1. The van der Waals surface area contributed by atoms with Gasteiger partial charge in [0.15, 0.2) is 0 Å². The molecule has 0 aromatic heterocycles. The molecule has 0 saturated heterocycles. The van der Waals surface area contributed by atoms with Crippen LogP contribution in [-0.2, 0) is 11.9 Å². The number of alkyl halides is 1. The maximum Gasteiger partial charge on any atom is 0.138 e.